The Morgan fingerprint density at radius 3 is 3.16 bits per heavy atom. The van der Waals surface area contributed by atoms with Crippen molar-refractivity contribution in [1.82, 2.24) is 14.7 Å². The smallest absolute Gasteiger partial charge is 0.247 e. The highest BCUT2D eigenvalue weighted by Crippen LogP contribution is 2.17. The van der Waals surface area contributed by atoms with Crippen molar-refractivity contribution in [3.63, 3.8) is 0 Å². The lowest BCUT2D eigenvalue weighted by Gasteiger charge is -2.11. The first-order chi connectivity index (χ1) is 9.13. The van der Waals surface area contributed by atoms with Crippen molar-refractivity contribution >= 4 is 23.1 Å². The molecule has 3 rings (SSSR count). The Balaban J connectivity index is 1.85. The number of nitrogens with one attached hydrogen (secondary N) is 2. The molecule has 3 heterocycles. The lowest BCUT2D eigenvalue weighted by atomic mass is 10.2. The number of hydrogen-bond acceptors (Lipinski definition) is 3. The Morgan fingerprint density at radius 2 is 2.42 bits per heavy atom. The predicted molar refractivity (Wildman–Crippen MR) is 69.7 cm³/mol. The number of aryl methyl sites for hydroxylation is 1. The molecule has 1 atom stereocenters. The van der Waals surface area contributed by atoms with Gasteiger partial charge in [0, 0.05) is 18.8 Å². The van der Waals surface area contributed by atoms with Crippen LogP contribution in [-0.2, 0) is 9.59 Å². The normalized spacial score (nSPS) is 18.6. The van der Waals surface area contributed by atoms with Gasteiger partial charge in [0.05, 0.1) is 11.4 Å². The van der Waals surface area contributed by atoms with Crippen molar-refractivity contribution in [1.29, 1.82) is 0 Å². The molecular weight excluding hydrogens is 244 g/mol. The number of nitrogens with zero attached hydrogens (tertiary/aromatic N) is 2. The van der Waals surface area contributed by atoms with Gasteiger partial charge in [-0.1, -0.05) is 0 Å². The maximum absolute atomic E-state index is 12.0. The number of aromatic nitrogens is 2. The Labute approximate surface area is 109 Å². The maximum atomic E-state index is 12.0. The molecule has 1 aliphatic rings. The molecule has 98 valence electrons. The second-order valence-corrected chi connectivity index (χ2v) is 4.68. The van der Waals surface area contributed by atoms with Gasteiger partial charge in [-0.3, -0.25) is 9.59 Å². The molecule has 1 aliphatic heterocycles. The fourth-order valence-electron chi connectivity index (χ4n) is 2.26. The zero-order chi connectivity index (χ0) is 13.4. The standard InChI is InChI=1S/C13H14N4O2/c1-8-7-17-6-2-3-9(12(17)14-8)16-13(19)10-4-5-11(18)15-10/h2-3,6-7,10H,4-5H2,1H3,(H,15,18)(H,16,19). The molecular formula is C13H14N4O2. The Kier molecular flexibility index (Phi) is 2.70. The third-order valence-corrected chi connectivity index (χ3v) is 3.17. The van der Waals surface area contributed by atoms with E-state index in [1.54, 1.807) is 6.07 Å². The number of rotatable bonds is 2. The molecule has 1 fully saturated rings. The topological polar surface area (TPSA) is 75.5 Å². The fraction of sp³-hybridized carbons (Fsp3) is 0.308. The number of pyridine rings is 1. The molecule has 0 aromatic carbocycles. The van der Waals surface area contributed by atoms with E-state index in [-0.39, 0.29) is 11.8 Å². The van der Waals surface area contributed by atoms with Crippen molar-refractivity contribution < 1.29 is 9.59 Å². The number of anilines is 1. The van der Waals surface area contributed by atoms with E-state index in [1.807, 2.05) is 29.8 Å². The van der Waals surface area contributed by atoms with E-state index in [9.17, 15) is 9.59 Å². The molecule has 6 nitrogen and oxygen atoms in total. The summed E-state index contributed by atoms with van der Waals surface area (Å²) in [6.07, 6.45) is 4.72. The van der Waals surface area contributed by atoms with E-state index in [2.05, 4.69) is 15.6 Å². The third kappa shape index (κ3) is 2.16. The van der Waals surface area contributed by atoms with Crippen LogP contribution in [0.3, 0.4) is 0 Å². The maximum Gasteiger partial charge on any atom is 0.247 e. The highest BCUT2D eigenvalue weighted by molar-refractivity contribution is 6.00. The number of hydrogen-bond donors (Lipinski definition) is 2. The fourth-order valence-corrected chi connectivity index (χ4v) is 2.26. The minimum absolute atomic E-state index is 0.0741. The number of fused-ring (bicyclic) bond motifs is 1. The van der Waals surface area contributed by atoms with Gasteiger partial charge in [-0.05, 0) is 25.5 Å². The van der Waals surface area contributed by atoms with Crippen molar-refractivity contribution in [2.45, 2.75) is 25.8 Å². The molecule has 1 unspecified atom stereocenters. The van der Waals surface area contributed by atoms with Crippen LogP contribution in [0.4, 0.5) is 5.69 Å². The summed E-state index contributed by atoms with van der Waals surface area (Å²) in [5, 5.41) is 5.47. The number of carbonyl (C=O) groups is 2. The van der Waals surface area contributed by atoms with Gasteiger partial charge < -0.3 is 15.0 Å². The second-order valence-electron chi connectivity index (χ2n) is 4.68. The van der Waals surface area contributed by atoms with Crippen LogP contribution < -0.4 is 10.6 Å². The summed E-state index contributed by atoms with van der Waals surface area (Å²) in [6, 6.07) is 3.21. The largest absolute Gasteiger partial charge is 0.344 e. The number of imidazole rings is 1. The third-order valence-electron chi connectivity index (χ3n) is 3.17. The molecule has 0 radical (unpaired) electrons. The van der Waals surface area contributed by atoms with E-state index in [4.69, 9.17) is 0 Å². The highest BCUT2D eigenvalue weighted by atomic mass is 16.2. The van der Waals surface area contributed by atoms with Gasteiger partial charge in [-0.2, -0.15) is 0 Å². The first-order valence-corrected chi connectivity index (χ1v) is 6.18. The van der Waals surface area contributed by atoms with Crippen LogP contribution in [0.15, 0.2) is 24.5 Å². The van der Waals surface area contributed by atoms with Crippen LogP contribution in [0, 0.1) is 6.92 Å². The SMILES string of the molecule is Cc1cn2cccc(NC(=O)C3CCC(=O)N3)c2n1. The molecule has 1 saturated heterocycles. The quantitative estimate of drug-likeness (QED) is 0.839. The minimum atomic E-state index is -0.441. The molecule has 19 heavy (non-hydrogen) atoms. The van der Waals surface area contributed by atoms with Crippen LogP contribution in [0.2, 0.25) is 0 Å². The zero-order valence-electron chi connectivity index (χ0n) is 10.5. The van der Waals surface area contributed by atoms with Gasteiger partial charge in [0.2, 0.25) is 11.8 Å². The molecule has 2 aromatic heterocycles. The lowest BCUT2D eigenvalue weighted by Crippen LogP contribution is -2.37. The first kappa shape index (κ1) is 11.7. The monoisotopic (exact) mass is 258 g/mol. The second kappa shape index (κ2) is 4.38. The van der Waals surface area contributed by atoms with E-state index in [1.165, 1.54) is 0 Å². The summed E-state index contributed by atoms with van der Waals surface area (Å²) in [4.78, 5) is 27.5. The number of carbonyl (C=O) groups excluding carboxylic acids is 2. The summed E-state index contributed by atoms with van der Waals surface area (Å²) >= 11 is 0. The highest BCUT2D eigenvalue weighted by Gasteiger charge is 2.27. The molecule has 0 spiro atoms. The first-order valence-electron chi connectivity index (χ1n) is 6.18. The van der Waals surface area contributed by atoms with Crippen LogP contribution in [-0.4, -0.2) is 27.2 Å². The lowest BCUT2D eigenvalue weighted by molar-refractivity contribution is -0.122. The van der Waals surface area contributed by atoms with Gasteiger partial charge in [0.25, 0.3) is 0 Å². The Bertz CT molecular complexity index is 662. The molecule has 0 bridgehead atoms. The van der Waals surface area contributed by atoms with Gasteiger partial charge in [0.15, 0.2) is 5.65 Å². The Morgan fingerprint density at radius 1 is 1.58 bits per heavy atom. The van der Waals surface area contributed by atoms with Gasteiger partial charge >= 0.3 is 0 Å². The number of amides is 2. The molecule has 0 aliphatic carbocycles. The van der Waals surface area contributed by atoms with E-state index in [0.717, 1.165) is 5.69 Å². The molecule has 2 amide bonds. The van der Waals surface area contributed by atoms with Crippen molar-refractivity contribution in [3.8, 4) is 0 Å². The van der Waals surface area contributed by atoms with Crippen LogP contribution in [0.1, 0.15) is 18.5 Å². The summed E-state index contributed by atoms with van der Waals surface area (Å²) in [6.45, 7) is 1.90. The Hall–Kier alpha value is -2.37. The van der Waals surface area contributed by atoms with Gasteiger partial charge in [0.1, 0.15) is 6.04 Å². The van der Waals surface area contributed by atoms with Crippen LogP contribution in [0.5, 0.6) is 0 Å². The van der Waals surface area contributed by atoms with E-state index < -0.39 is 6.04 Å². The van der Waals surface area contributed by atoms with Crippen LogP contribution in [0.25, 0.3) is 5.65 Å². The molecule has 2 N–H and O–H groups in total. The predicted octanol–water partition coefficient (Wildman–Crippen LogP) is 0.860. The van der Waals surface area contributed by atoms with Gasteiger partial charge in [-0.15, -0.1) is 0 Å². The summed E-state index contributed by atoms with van der Waals surface area (Å²) in [5.41, 5.74) is 2.25. The average Bonchev–Trinajstić information content (AvgIpc) is 2.95. The van der Waals surface area contributed by atoms with Gasteiger partial charge in [-0.25, -0.2) is 4.98 Å². The molecule has 2 aromatic rings. The zero-order valence-corrected chi connectivity index (χ0v) is 10.5. The van der Waals surface area contributed by atoms with Crippen molar-refractivity contribution in [2.75, 3.05) is 5.32 Å². The minimum Gasteiger partial charge on any atom is -0.344 e. The van der Waals surface area contributed by atoms with Crippen molar-refractivity contribution in [3.05, 3.63) is 30.2 Å². The summed E-state index contributed by atoms with van der Waals surface area (Å²) < 4.78 is 1.86. The van der Waals surface area contributed by atoms with E-state index >= 15 is 0 Å². The average molecular weight is 258 g/mol. The summed E-state index contributed by atoms with van der Waals surface area (Å²) in [7, 11) is 0. The van der Waals surface area contributed by atoms with Crippen LogP contribution >= 0.6 is 0 Å². The van der Waals surface area contributed by atoms with Crippen molar-refractivity contribution in [2.24, 2.45) is 0 Å². The van der Waals surface area contributed by atoms with E-state index in [0.29, 0.717) is 24.2 Å². The molecule has 6 heteroatoms. The molecule has 0 saturated carbocycles. The summed E-state index contributed by atoms with van der Waals surface area (Å²) in [5.74, 6) is -0.269.